The number of nitrogens with one attached hydrogen (secondary N) is 1. The number of pyridine rings is 1. The van der Waals surface area contributed by atoms with Crippen molar-refractivity contribution in [2.75, 3.05) is 18.0 Å². The van der Waals surface area contributed by atoms with Crippen molar-refractivity contribution in [3.63, 3.8) is 0 Å². The molecule has 1 aromatic carbocycles. The number of halogens is 1. The standard InChI is InChI=1S/C23H26FN3O3/c24-17-2-1-3-19(14-17)27-12-7-18(8-13-27)26-22(28)16-4-9-23(10-5-16)20-15-25-11-6-21(20)29-30-23/h1-3,6,11,14-16,18H,4-5,7-10,12-13H2,(H,26,28). The van der Waals surface area contributed by atoms with E-state index in [0.717, 1.165) is 68.6 Å². The summed E-state index contributed by atoms with van der Waals surface area (Å²) in [6, 6.07) is 8.69. The molecule has 158 valence electrons. The van der Waals surface area contributed by atoms with E-state index < -0.39 is 5.60 Å². The summed E-state index contributed by atoms with van der Waals surface area (Å²) in [7, 11) is 0. The van der Waals surface area contributed by atoms with Crippen LogP contribution < -0.4 is 15.1 Å². The van der Waals surface area contributed by atoms with Gasteiger partial charge < -0.3 is 15.1 Å². The Hall–Kier alpha value is -2.67. The zero-order chi connectivity index (χ0) is 20.6. The largest absolute Gasteiger partial charge is 0.371 e. The first kappa shape index (κ1) is 19.3. The number of amides is 1. The molecule has 1 saturated heterocycles. The Morgan fingerprint density at radius 3 is 2.73 bits per heavy atom. The maximum atomic E-state index is 13.5. The first-order chi connectivity index (χ1) is 14.6. The Morgan fingerprint density at radius 2 is 1.97 bits per heavy atom. The van der Waals surface area contributed by atoms with E-state index in [4.69, 9.17) is 9.78 Å². The first-order valence-corrected chi connectivity index (χ1v) is 10.7. The van der Waals surface area contributed by atoms with E-state index in [0.29, 0.717) is 0 Å². The fourth-order valence-electron chi connectivity index (χ4n) is 4.94. The molecule has 0 atom stereocenters. The summed E-state index contributed by atoms with van der Waals surface area (Å²) in [6.45, 7) is 1.63. The van der Waals surface area contributed by atoms with Gasteiger partial charge in [0.05, 0.1) is 5.56 Å². The third kappa shape index (κ3) is 3.62. The summed E-state index contributed by atoms with van der Waals surface area (Å²) in [5, 5.41) is 3.25. The Balaban J connectivity index is 1.13. The molecule has 1 spiro atoms. The van der Waals surface area contributed by atoms with Gasteiger partial charge in [-0.3, -0.25) is 9.78 Å². The lowest BCUT2D eigenvalue weighted by atomic mass is 9.75. The second-order valence-corrected chi connectivity index (χ2v) is 8.56. The molecule has 1 amide bonds. The average molecular weight is 411 g/mol. The van der Waals surface area contributed by atoms with Crippen LogP contribution in [0, 0.1) is 11.7 Å². The number of hydrogen-bond acceptors (Lipinski definition) is 5. The molecule has 1 N–H and O–H groups in total. The van der Waals surface area contributed by atoms with Crippen LogP contribution in [-0.4, -0.2) is 30.0 Å². The molecule has 2 aliphatic heterocycles. The number of hydrogen-bond donors (Lipinski definition) is 1. The number of anilines is 1. The van der Waals surface area contributed by atoms with Crippen LogP contribution in [0.25, 0.3) is 0 Å². The van der Waals surface area contributed by atoms with Crippen molar-refractivity contribution in [2.45, 2.75) is 50.2 Å². The number of carbonyl (C=O) groups excluding carboxylic acids is 1. The van der Waals surface area contributed by atoms with E-state index in [1.165, 1.54) is 6.07 Å². The van der Waals surface area contributed by atoms with E-state index in [1.807, 2.05) is 18.3 Å². The van der Waals surface area contributed by atoms with Gasteiger partial charge in [0.15, 0.2) is 5.75 Å². The quantitative estimate of drug-likeness (QED) is 0.780. The molecule has 1 saturated carbocycles. The highest BCUT2D eigenvalue weighted by Gasteiger charge is 2.47. The van der Waals surface area contributed by atoms with Crippen LogP contribution >= 0.6 is 0 Å². The van der Waals surface area contributed by atoms with Gasteiger partial charge in [-0.1, -0.05) is 6.07 Å². The van der Waals surface area contributed by atoms with Gasteiger partial charge in [-0.2, -0.15) is 4.89 Å². The van der Waals surface area contributed by atoms with Gasteiger partial charge >= 0.3 is 0 Å². The molecular weight excluding hydrogens is 385 g/mol. The van der Waals surface area contributed by atoms with Crippen LogP contribution in [0.3, 0.4) is 0 Å². The summed E-state index contributed by atoms with van der Waals surface area (Å²) in [6.07, 6.45) is 8.29. The van der Waals surface area contributed by atoms with Crippen molar-refractivity contribution in [2.24, 2.45) is 5.92 Å². The Morgan fingerprint density at radius 1 is 1.17 bits per heavy atom. The Kier molecular flexibility index (Phi) is 5.06. The van der Waals surface area contributed by atoms with E-state index in [2.05, 4.69) is 15.2 Å². The summed E-state index contributed by atoms with van der Waals surface area (Å²) in [4.78, 5) is 30.3. The van der Waals surface area contributed by atoms with Crippen molar-refractivity contribution in [3.05, 3.63) is 54.1 Å². The molecule has 0 unspecified atom stereocenters. The highest BCUT2D eigenvalue weighted by molar-refractivity contribution is 5.79. The van der Waals surface area contributed by atoms with Crippen molar-refractivity contribution in [3.8, 4) is 5.75 Å². The van der Waals surface area contributed by atoms with Crippen LogP contribution in [0.1, 0.15) is 44.1 Å². The lowest BCUT2D eigenvalue weighted by molar-refractivity contribution is -0.283. The zero-order valence-corrected chi connectivity index (χ0v) is 16.9. The molecule has 3 aliphatic rings. The SMILES string of the molecule is O=C(NC1CCN(c2cccc(F)c2)CC1)C1CCC2(CC1)OOc1ccncc12. The molecule has 2 fully saturated rings. The molecule has 6 nitrogen and oxygen atoms in total. The molecule has 1 aromatic heterocycles. The molecule has 7 heteroatoms. The summed E-state index contributed by atoms with van der Waals surface area (Å²) < 4.78 is 13.5. The number of piperidine rings is 1. The zero-order valence-electron chi connectivity index (χ0n) is 16.9. The van der Waals surface area contributed by atoms with E-state index in [9.17, 15) is 9.18 Å². The molecule has 1 aliphatic carbocycles. The van der Waals surface area contributed by atoms with Gasteiger partial charge in [0.1, 0.15) is 11.4 Å². The molecule has 0 bridgehead atoms. The summed E-state index contributed by atoms with van der Waals surface area (Å²) >= 11 is 0. The Bertz CT molecular complexity index is 921. The number of nitrogens with zero attached hydrogens (tertiary/aromatic N) is 2. The summed E-state index contributed by atoms with van der Waals surface area (Å²) in [5.41, 5.74) is 1.44. The minimum atomic E-state index is -0.462. The van der Waals surface area contributed by atoms with Gasteiger partial charge in [-0.05, 0) is 56.7 Å². The maximum Gasteiger partial charge on any atom is 0.223 e. The second kappa shape index (κ2) is 7.87. The molecule has 3 heterocycles. The number of benzene rings is 1. The highest BCUT2D eigenvalue weighted by Crippen LogP contribution is 2.49. The van der Waals surface area contributed by atoms with E-state index in [-0.39, 0.29) is 23.7 Å². The molecular formula is C23H26FN3O3. The fourth-order valence-corrected chi connectivity index (χ4v) is 4.94. The van der Waals surface area contributed by atoms with Gasteiger partial charge in [-0.15, -0.1) is 0 Å². The number of rotatable bonds is 3. The van der Waals surface area contributed by atoms with Gasteiger partial charge in [-0.25, -0.2) is 4.39 Å². The third-order valence-corrected chi connectivity index (χ3v) is 6.74. The lowest BCUT2D eigenvalue weighted by Gasteiger charge is -2.36. The van der Waals surface area contributed by atoms with Crippen molar-refractivity contribution < 1.29 is 19.0 Å². The minimum absolute atomic E-state index is 0.00111. The second-order valence-electron chi connectivity index (χ2n) is 8.56. The summed E-state index contributed by atoms with van der Waals surface area (Å²) in [5.74, 6) is 0.659. The monoisotopic (exact) mass is 411 g/mol. The maximum absolute atomic E-state index is 13.5. The van der Waals surface area contributed by atoms with Crippen LogP contribution in [0.5, 0.6) is 5.75 Å². The predicted molar refractivity (Wildman–Crippen MR) is 109 cm³/mol. The molecule has 0 radical (unpaired) electrons. The number of fused-ring (bicyclic) bond motifs is 2. The third-order valence-electron chi connectivity index (χ3n) is 6.74. The Labute approximate surface area is 175 Å². The minimum Gasteiger partial charge on any atom is -0.371 e. The van der Waals surface area contributed by atoms with Crippen LogP contribution in [-0.2, 0) is 15.3 Å². The lowest BCUT2D eigenvalue weighted by Crippen LogP contribution is -2.47. The van der Waals surface area contributed by atoms with Crippen molar-refractivity contribution in [1.29, 1.82) is 0 Å². The number of aromatic nitrogens is 1. The van der Waals surface area contributed by atoms with Crippen molar-refractivity contribution >= 4 is 11.6 Å². The van der Waals surface area contributed by atoms with Gasteiger partial charge in [0, 0.05) is 49.2 Å². The topological polar surface area (TPSA) is 63.7 Å². The smallest absolute Gasteiger partial charge is 0.223 e. The normalized spacial score (nSPS) is 26.3. The average Bonchev–Trinajstić information content (AvgIpc) is 3.13. The van der Waals surface area contributed by atoms with E-state index >= 15 is 0 Å². The fraction of sp³-hybridized carbons (Fsp3) is 0.478. The van der Waals surface area contributed by atoms with Crippen LogP contribution in [0.15, 0.2) is 42.7 Å². The predicted octanol–water partition coefficient (Wildman–Crippen LogP) is 3.72. The van der Waals surface area contributed by atoms with Gasteiger partial charge in [0.25, 0.3) is 0 Å². The molecule has 30 heavy (non-hydrogen) atoms. The molecule has 5 rings (SSSR count). The number of carbonyl (C=O) groups is 1. The van der Waals surface area contributed by atoms with Gasteiger partial charge in [0.2, 0.25) is 5.91 Å². The molecule has 2 aromatic rings. The van der Waals surface area contributed by atoms with Crippen LogP contribution in [0.2, 0.25) is 0 Å². The first-order valence-electron chi connectivity index (χ1n) is 10.7. The van der Waals surface area contributed by atoms with Crippen molar-refractivity contribution in [1.82, 2.24) is 10.3 Å². The van der Waals surface area contributed by atoms with E-state index in [1.54, 1.807) is 18.3 Å². The highest BCUT2D eigenvalue weighted by atomic mass is 19.1. The van der Waals surface area contributed by atoms with Crippen LogP contribution in [0.4, 0.5) is 10.1 Å².